The smallest absolute Gasteiger partial charge is 0.317 e. The number of nitrogens with zero attached hydrogens (tertiary/aromatic N) is 1. The van der Waals surface area contributed by atoms with Crippen LogP contribution in [0.3, 0.4) is 0 Å². The van der Waals surface area contributed by atoms with Crippen molar-refractivity contribution in [2.75, 3.05) is 0 Å². The van der Waals surface area contributed by atoms with E-state index in [1.54, 1.807) is 24.3 Å². The van der Waals surface area contributed by atoms with Gasteiger partial charge in [0.15, 0.2) is 12.4 Å². The van der Waals surface area contributed by atoms with Gasteiger partial charge in [-0.3, -0.25) is 4.79 Å². The van der Waals surface area contributed by atoms with Gasteiger partial charge in [-0.05, 0) is 6.07 Å². The first kappa shape index (κ1) is 13.6. The van der Waals surface area contributed by atoms with E-state index < -0.39 is 0 Å². The Labute approximate surface area is 126 Å². The highest BCUT2D eigenvalue weighted by molar-refractivity contribution is 6.33. The third-order valence-electron chi connectivity index (χ3n) is 3.09. The zero-order valence-corrected chi connectivity index (χ0v) is 11.8. The number of carbonyl (C=O) groups excluding carboxylic acids is 1. The van der Waals surface area contributed by atoms with Crippen molar-refractivity contribution in [3.8, 4) is 11.3 Å². The Kier molecular flexibility index (Phi) is 3.88. The summed E-state index contributed by atoms with van der Waals surface area (Å²) in [5.74, 6) is -0.143. The lowest BCUT2D eigenvalue weighted by Gasteiger charge is -2.04. The van der Waals surface area contributed by atoms with Crippen molar-refractivity contribution < 1.29 is 14.1 Å². The molecule has 0 fully saturated rings. The Morgan fingerprint density at radius 1 is 1.29 bits per heavy atom. The van der Waals surface area contributed by atoms with E-state index >= 15 is 0 Å². The van der Waals surface area contributed by atoms with Crippen LogP contribution in [0.15, 0.2) is 59.2 Å². The minimum atomic E-state index is -0.310. The van der Waals surface area contributed by atoms with Gasteiger partial charge in [0, 0.05) is 11.6 Å². The first-order chi connectivity index (χ1) is 10.2. The Bertz CT molecular complexity index is 706. The molecule has 0 amide bonds. The lowest BCUT2D eigenvalue weighted by Crippen LogP contribution is -2.12. The third kappa shape index (κ3) is 3.06. The molecule has 3 rings (SSSR count). The molecule has 0 saturated carbocycles. The number of carbonyl (C=O) groups is 1. The fraction of sp³-hybridized carbons (Fsp3) is 0.125. The molecule has 0 bridgehead atoms. The second kappa shape index (κ2) is 5.97. The third-order valence-corrected chi connectivity index (χ3v) is 3.42. The molecule has 0 N–H and O–H groups in total. The van der Waals surface area contributed by atoms with E-state index in [0.29, 0.717) is 16.5 Å². The van der Waals surface area contributed by atoms with Gasteiger partial charge in [0.05, 0.1) is 10.9 Å². The Balaban J connectivity index is 1.66. The van der Waals surface area contributed by atoms with Crippen molar-refractivity contribution in [2.45, 2.75) is 6.61 Å². The van der Waals surface area contributed by atoms with Crippen LogP contribution >= 0.6 is 11.6 Å². The summed E-state index contributed by atoms with van der Waals surface area (Å²) < 4.78 is 10.3. The van der Waals surface area contributed by atoms with E-state index in [9.17, 15) is 4.79 Å². The predicted octanol–water partition coefficient (Wildman–Crippen LogP) is 3.78. The zero-order chi connectivity index (χ0) is 14.7. The topological polar surface area (TPSA) is 52.3 Å². The van der Waals surface area contributed by atoms with E-state index in [1.165, 1.54) is 0 Å². The van der Waals surface area contributed by atoms with Gasteiger partial charge >= 0.3 is 5.97 Å². The van der Waals surface area contributed by atoms with Gasteiger partial charge in [-0.1, -0.05) is 59.3 Å². The lowest BCUT2D eigenvalue weighted by molar-refractivity contribution is -0.147. The average molecular weight is 302 g/mol. The van der Waals surface area contributed by atoms with Crippen molar-refractivity contribution in [3.05, 3.63) is 65.4 Å². The predicted molar refractivity (Wildman–Crippen MR) is 78.5 cm³/mol. The van der Waals surface area contributed by atoms with Gasteiger partial charge in [0.1, 0.15) is 5.69 Å². The number of rotatable bonds is 4. The highest BCUT2D eigenvalue weighted by Gasteiger charge is 2.17. The zero-order valence-electron chi connectivity index (χ0n) is 11.0. The Morgan fingerprint density at radius 2 is 2.05 bits per heavy atom. The maximum atomic E-state index is 11.7. The molecule has 0 radical (unpaired) electrons. The van der Waals surface area contributed by atoms with Gasteiger partial charge in [-0.2, -0.15) is 0 Å². The molecule has 1 aliphatic rings. The molecule has 106 valence electrons. The minimum Gasteiger partial charge on any atom is -0.457 e. The van der Waals surface area contributed by atoms with Gasteiger partial charge in [0.2, 0.25) is 0 Å². The molecule has 0 atom stereocenters. The van der Waals surface area contributed by atoms with Crippen LogP contribution in [-0.2, 0) is 16.1 Å². The van der Waals surface area contributed by atoms with Crippen LogP contribution in [0, 0.1) is 5.92 Å². The van der Waals surface area contributed by atoms with Crippen molar-refractivity contribution in [3.63, 3.8) is 0 Å². The maximum Gasteiger partial charge on any atom is 0.317 e. The Morgan fingerprint density at radius 3 is 2.81 bits per heavy atom. The summed E-state index contributed by atoms with van der Waals surface area (Å²) in [4.78, 5) is 11.7. The average Bonchev–Trinajstić information content (AvgIpc) is 3.17. The van der Waals surface area contributed by atoms with Crippen LogP contribution in [0.5, 0.6) is 0 Å². The summed E-state index contributed by atoms with van der Waals surface area (Å²) in [7, 11) is 0. The SMILES string of the molecule is O=C(OCc1cc(-c2ccccc2Cl)no1)C1C=CC=C1. The van der Waals surface area contributed by atoms with E-state index in [-0.39, 0.29) is 18.5 Å². The van der Waals surface area contributed by atoms with Crippen LogP contribution in [0.4, 0.5) is 0 Å². The summed E-state index contributed by atoms with van der Waals surface area (Å²) >= 11 is 6.10. The molecular formula is C16H12ClNO3. The number of hydrogen-bond donors (Lipinski definition) is 0. The second-order valence-electron chi connectivity index (χ2n) is 4.56. The monoisotopic (exact) mass is 301 g/mol. The van der Waals surface area contributed by atoms with Crippen molar-refractivity contribution in [2.24, 2.45) is 5.92 Å². The number of ether oxygens (including phenoxy) is 1. The highest BCUT2D eigenvalue weighted by atomic mass is 35.5. The molecule has 0 unspecified atom stereocenters. The summed E-state index contributed by atoms with van der Waals surface area (Å²) in [5, 5.41) is 4.54. The molecule has 1 heterocycles. The molecule has 1 aromatic carbocycles. The molecule has 0 aliphatic heterocycles. The molecule has 4 nitrogen and oxygen atoms in total. The number of halogens is 1. The molecule has 5 heteroatoms. The molecule has 0 spiro atoms. The van der Waals surface area contributed by atoms with E-state index in [0.717, 1.165) is 5.56 Å². The van der Waals surface area contributed by atoms with Crippen molar-refractivity contribution in [1.29, 1.82) is 0 Å². The van der Waals surface area contributed by atoms with Crippen LogP contribution in [0.25, 0.3) is 11.3 Å². The number of aromatic nitrogens is 1. The van der Waals surface area contributed by atoms with E-state index in [4.69, 9.17) is 20.9 Å². The maximum absolute atomic E-state index is 11.7. The molecule has 1 aliphatic carbocycles. The first-order valence-electron chi connectivity index (χ1n) is 6.46. The lowest BCUT2D eigenvalue weighted by atomic mass is 10.1. The van der Waals surface area contributed by atoms with Crippen molar-refractivity contribution >= 4 is 17.6 Å². The van der Waals surface area contributed by atoms with Gasteiger partial charge in [0.25, 0.3) is 0 Å². The molecule has 1 aromatic heterocycles. The fourth-order valence-electron chi connectivity index (χ4n) is 2.00. The summed E-state index contributed by atoms with van der Waals surface area (Å²) in [5.41, 5.74) is 1.40. The standard InChI is InChI=1S/C16H12ClNO3/c17-14-8-4-3-7-13(14)15-9-12(21-18-15)10-20-16(19)11-5-1-2-6-11/h1-9,11H,10H2. The number of esters is 1. The van der Waals surface area contributed by atoms with Gasteiger partial charge in [-0.25, -0.2) is 0 Å². The number of hydrogen-bond acceptors (Lipinski definition) is 4. The Hall–Kier alpha value is -2.33. The normalized spacial score (nSPS) is 13.8. The second-order valence-corrected chi connectivity index (χ2v) is 4.97. The van der Waals surface area contributed by atoms with Crippen molar-refractivity contribution in [1.82, 2.24) is 5.16 Å². The van der Waals surface area contributed by atoms with Crippen LogP contribution in [0.2, 0.25) is 5.02 Å². The minimum absolute atomic E-state index is 0.0501. The summed E-state index contributed by atoms with van der Waals surface area (Å²) in [6.07, 6.45) is 7.18. The number of allylic oxidation sites excluding steroid dienone is 2. The molecule has 0 saturated heterocycles. The van der Waals surface area contributed by atoms with Crippen LogP contribution in [0.1, 0.15) is 5.76 Å². The van der Waals surface area contributed by atoms with Gasteiger partial charge in [-0.15, -0.1) is 0 Å². The first-order valence-corrected chi connectivity index (χ1v) is 6.84. The van der Waals surface area contributed by atoms with Gasteiger partial charge < -0.3 is 9.26 Å². The highest BCUT2D eigenvalue weighted by Crippen LogP contribution is 2.27. The summed E-state index contributed by atoms with van der Waals surface area (Å²) in [6, 6.07) is 9.06. The van der Waals surface area contributed by atoms with Crippen LogP contribution < -0.4 is 0 Å². The number of benzene rings is 1. The largest absolute Gasteiger partial charge is 0.457 e. The molecular weight excluding hydrogens is 290 g/mol. The van der Waals surface area contributed by atoms with Crippen LogP contribution in [-0.4, -0.2) is 11.1 Å². The molecule has 21 heavy (non-hydrogen) atoms. The quantitative estimate of drug-likeness (QED) is 0.806. The molecule has 2 aromatic rings. The van der Waals surface area contributed by atoms with E-state index in [1.807, 2.05) is 30.4 Å². The summed E-state index contributed by atoms with van der Waals surface area (Å²) in [6.45, 7) is 0.0501. The fourth-order valence-corrected chi connectivity index (χ4v) is 2.24. The van der Waals surface area contributed by atoms with E-state index in [2.05, 4.69) is 5.16 Å².